The number of amides is 1. The number of rotatable bonds is 6. The summed E-state index contributed by atoms with van der Waals surface area (Å²) >= 11 is 12.0. The van der Waals surface area contributed by atoms with E-state index in [1.807, 2.05) is 30.0 Å². The SMILES string of the molecule is C[C@H](C(=O)N1CCN(c2ccc(S(=O)(=O)Nc3ccnc(Cl)c3)cc2)CC1)N1CCCc2cc(Cl)ccc21.[HH]. The molecular formula is C27H31Cl2N5O3S. The van der Waals surface area contributed by atoms with Crippen molar-refractivity contribution in [3.05, 3.63) is 76.5 Å². The van der Waals surface area contributed by atoms with Crippen LogP contribution in [0.4, 0.5) is 17.1 Å². The Bertz CT molecular complexity index is 1430. The zero-order valence-corrected chi connectivity index (χ0v) is 23.3. The van der Waals surface area contributed by atoms with E-state index in [9.17, 15) is 13.2 Å². The first-order valence-electron chi connectivity index (χ1n) is 12.5. The lowest BCUT2D eigenvalue weighted by molar-refractivity contribution is -0.132. The summed E-state index contributed by atoms with van der Waals surface area (Å²) in [4.78, 5) is 23.7. The van der Waals surface area contributed by atoms with Gasteiger partial charge in [0.05, 0.1) is 10.6 Å². The van der Waals surface area contributed by atoms with Gasteiger partial charge in [-0.15, -0.1) is 0 Å². The quantitative estimate of drug-likeness (QED) is 0.419. The van der Waals surface area contributed by atoms with E-state index in [4.69, 9.17) is 23.2 Å². The number of benzene rings is 2. The minimum atomic E-state index is -3.76. The van der Waals surface area contributed by atoms with Gasteiger partial charge in [-0.1, -0.05) is 23.2 Å². The monoisotopic (exact) mass is 575 g/mol. The lowest BCUT2D eigenvalue weighted by Crippen LogP contribution is -2.55. The molecule has 1 saturated heterocycles. The highest BCUT2D eigenvalue weighted by molar-refractivity contribution is 7.92. The van der Waals surface area contributed by atoms with E-state index in [1.54, 1.807) is 30.3 Å². The number of hydrogen-bond acceptors (Lipinski definition) is 6. The number of pyridine rings is 1. The molecule has 1 atom stereocenters. The Morgan fingerprint density at radius 3 is 2.45 bits per heavy atom. The van der Waals surface area contributed by atoms with Crippen LogP contribution in [0.3, 0.4) is 0 Å². The summed E-state index contributed by atoms with van der Waals surface area (Å²) in [6, 6.07) is 15.4. The van der Waals surface area contributed by atoms with E-state index >= 15 is 0 Å². The highest BCUT2D eigenvalue weighted by Gasteiger charge is 2.31. The lowest BCUT2D eigenvalue weighted by atomic mass is 10.00. The van der Waals surface area contributed by atoms with Gasteiger partial charge in [0.2, 0.25) is 5.91 Å². The number of nitrogens with zero attached hydrogens (tertiary/aromatic N) is 4. The fourth-order valence-corrected chi connectivity index (χ4v) is 6.51. The summed E-state index contributed by atoms with van der Waals surface area (Å²) in [7, 11) is -3.76. The second-order valence-electron chi connectivity index (χ2n) is 9.52. The molecule has 1 aromatic heterocycles. The molecule has 202 valence electrons. The Balaban J connectivity index is 0.00000353. The Hall–Kier alpha value is -3.01. The fourth-order valence-electron chi connectivity index (χ4n) is 5.10. The predicted molar refractivity (Wildman–Crippen MR) is 154 cm³/mol. The molecule has 3 heterocycles. The topological polar surface area (TPSA) is 85.8 Å². The van der Waals surface area contributed by atoms with Gasteiger partial charge in [-0.05, 0) is 79.9 Å². The number of fused-ring (bicyclic) bond motifs is 1. The molecule has 11 heteroatoms. The number of anilines is 3. The molecule has 0 bridgehead atoms. The molecule has 1 amide bonds. The number of carbonyl (C=O) groups is 1. The van der Waals surface area contributed by atoms with Crippen LogP contribution in [0, 0.1) is 0 Å². The first kappa shape index (κ1) is 26.6. The molecule has 1 N–H and O–H groups in total. The number of nitrogens with one attached hydrogen (secondary N) is 1. The molecular weight excluding hydrogens is 545 g/mol. The first-order chi connectivity index (χ1) is 18.2. The zero-order chi connectivity index (χ0) is 26.9. The van der Waals surface area contributed by atoms with E-state index in [0.717, 1.165) is 35.8 Å². The van der Waals surface area contributed by atoms with Gasteiger partial charge in [0.25, 0.3) is 10.0 Å². The summed E-state index contributed by atoms with van der Waals surface area (Å²) in [6.07, 6.45) is 3.41. The van der Waals surface area contributed by atoms with Gasteiger partial charge in [-0.25, -0.2) is 13.4 Å². The predicted octanol–water partition coefficient (Wildman–Crippen LogP) is 4.93. The average Bonchev–Trinajstić information content (AvgIpc) is 2.91. The third-order valence-corrected chi connectivity index (χ3v) is 8.94. The van der Waals surface area contributed by atoms with E-state index in [1.165, 1.54) is 17.8 Å². The van der Waals surface area contributed by atoms with Crippen LogP contribution in [0.5, 0.6) is 0 Å². The van der Waals surface area contributed by atoms with Crippen molar-refractivity contribution in [2.75, 3.05) is 47.2 Å². The number of piperazine rings is 1. The maximum atomic E-state index is 13.4. The Kier molecular flexibility index (Phi) is 7.70. The van der Waals surface area contributed by atoms with Crippen molar-refractivity contribution in [3.63, 3.8) is 0 Å². The summed E-state index contributed by atoms with van der Waals surface area (Å²) in [6.45, 7) is 5.38. The number of carbonyl (C=O) groups excluding carboxylic acids is 1. The van der Waals surface area contributed by atoms with Gasteiger partial charge in [-0.3, -0.25) is 9.52 Å². The van der Waals surface area contributed by atoms with Crippen LogP contribution in [0.25, 0.3) is 0 Å². The molecule has 0 radical (unpaired) electrons. The second kappa shape index (κ2) is 11.0. The number of halogens is 2. The largest absolute Gasteiger partial charge is 0.368 e. The van der Waals surface area contributed by atoms with Crippen LogP contribution in [0.15, 0.2) is 65.7 Å². The van der Waals surface area contributed by atoms with Gasteiger partial charge in [0.15, 0.2) is 0 Å². The Morgan fingerprint density at radius 1 is 1.00 bits per heavy atom. The third kappa shape index (κ3) is 5.70. The zero-order valence-electron chi connectivity index (χ0n) is 21.0. The van der Waals surface area contributed by atoms with Gasteiger partial charge >= 0.3 is 0 Å². The van der Waals surface area contributed by atoms with Crippen LogP contribution < -0.4 is 14.5 Å². The normalized spacial score (nSPS) is 16.7. The van der Waals surface area contributed by atoms with Gasteiger partial charge in [-0.2, -0.15) is 0 Å². The Labute approximate surface area is 234 Å². The highest BCUT2D eigenvalue weighted by atomic mass is 35.5. The lowest BCUT2D eigenvalue weighted by Gasteiger charge is -2.41. The van der Waals surface area contributed by atoms with Gasteiger partial charge < -0.3 is 14.7 Å². The molecule has 38 heavy (non-hydrogen) atoms. The maximum Gasteiger partial charge on any atom is 0.261 e. The van der Waals surface area contributed by atoms with Gasteiger partial charge in [0.1, 0.15) is 11.2 Å². The molecule has 0 spiro atoms. The Morgan fingerprint density at radius 2 is 1.74 bits per heavy atom. The average molecular weight is 577 g/mol. The van der Waals surface area contributed by atoms with Crippen LogP contribution in [0.1, 0.15) is 20.3 Å². The minimum Gasteiger partial charge on any atom is -0.368 e. The molecule has 0 unspecified atom stereocenters. The molecule has 0 aliphatic carbocycles. The van der Waals surface area contributed by atoms with Crippen molar-refractivity contribution in [1.29, 1.82) is 0 Å². The van der Waals surface area contributed by atoms with Crippen LogP contribution in [-0.4, -0.2) is 63.0 Å². The molecule has 5 rings (SSSR count). The second-order valence-corrected chi connectivity index (χ2v) is 12.0. The smallest absolute Gasteiger partial charge is 0.261 e. The van der Waals surface area contributed by atoms with E-state index in [0.29, 0.717) is 31.9 Å². The number of aryl methyl sites for hydroxylation is 1. The summed E-state index contributed by atoms with van der Waals surface area (Å²) in [5.74, 6) is 0.121. The minimum absolute atomic E-state index is 0. The highest BCUT2D eigenvalue weighted by Crippen LogP contribution is 2.31. The van der Waals surface area contributed by atoms with E-state index < -0.39 is 10.0 Å². The van der Waals surface area contributed by atoms with Gasteiger partial charge in [0, 0.05) is 56.7 Å². The van der Waals surface area contributed by atoms with Crippen molar-refractivity contribution in [3.8, 4) is 0 Å². The maximum absolute atomic E-state index is 13.4. The first-order valence-corrected chi connectivity index (χ1v) is 14.8. The standard InChI is InChI=1S/C27H29Cl2N5O3S.H2/c1-19(34-12-2-3-20-17-21(28)4-9-25(20)34)27(35)33-15-13-32(14-16-33)23-5-7-24(8-6-23)38(36,37)31-22-10-11-30-26(29)18-22;/h4-11,17-19H,2-3,12-16H2,1H3,(H,30,31);1H/t19-;/m1./s1. The van der Waals surface area contributed by atoms with Crippen LogP contribution in [-0.2, 0) is 21.2 Å². The third-order valence-electron chi connectivity index (χ3n) is 7.10. The van der Waals surface area contributed by atoms with Crippen molar-refractivity contribution in [1.82, 2.24) is 9.88 Å². The number of sulfonamides is 1. The number of hydrogen-bond donors (Lipinski definition) is 1. The van der Waals surface area contributed by atoms with E-state index in [2.05, 4.69) is 19.5 Å². The van der Waals surface area contributed by atoms with Crippen LogP contribution in [0.2, 0.25) is 10.2 Å². The molecule has 1 fully saturated rings. The number of aromatic nitrogens is 1. The molecule has 3 aromatic rings. The summed E-state index contributed by atoms with van der Waals surface area (Å²) < 4.78 is 28.0. The molecule has 2 aliphatic heterocycles. The summed E-state index contributed by atoms with van der Waals surface area (Å²) in [5, 5.41) is 0.930. The van der Waals surface area contributed by atoms with Crippen molar-refractivity contribution < 1.29 is 14.6 Å². The van der Waals surface area contributed by atoms with E-state index in [-0.39, 0.29) is 23.4 Å². The molecule has 8 nitrogen and oxygen atoms in total. The van der Waals surface area contributed by atoms with Crippen molar-refractivity contribution in [2.45, 2.75) is 30.7 Å². The molecule has 2 aromatic carbocycles. The van der Waals surface area contributed by atoms with Crippen LogP contribution >= 0.6 is 23.2 Å². The van der Waals surface area contributed by atoms with Crippen molar-refractivity contribution in [2.24, 2.45) is 0 Å². The molecule has 2 aliphatic rings. The fraction of sp³-hybridized carbons (Fsp3) is 0.333. The summed E-state index contributed by atoms with van der Waals surface area (Å²) in [5.41, 5.74) is 3.55. The molecule has 0 saturated carbocycles. The van der Waals surface area contributed by atoms with Crippen molar-refractivity contribution >= 4 is 56.2 Å².